The maximum absolute atomic E-state index is 10.0. The SMILES string of the molecule is Cc1ccc(Nc2c(C#N)cnc3c(Cl)cc(N[C@H](C4=CN(C5CCN(C(C)(C)C)CC5)NN4)c4ccc(OC(C)C)nc4)cc23)cc1Cl. The summed E-state index contributed by atoms with van der Waals surface area (Å²) in [4.78, 5) is 11.7. The van der Waals surface area contributed by atoms with Crippen LogP contribution in [0.5, 0.6) is 5.88 Å². The van der Waals surface area contributed by atoms with Crippen LogP contribution in [0, 0.1) is 18.3 Å². The summed E-state index contributed by atoms with van der Waals surface area (Å²) in [7, 11) is 0. The van der Waals surface area contributed by atoms with E-state index in [-0.39, 0.29) is 17.7 Å². The maximum Gasteiger partial charge on any atom is 0.213 e. The van der Waals surface area contributed by atoms with Crippen molar-refractivity contribution in [3.63, 3.8) is 0 Å². The van der Waals surface area contributed by atoms with Gasteiger partial charge in [-0.2, -0.15) is 5.26 Å². The molecule has 0 aliphatic carbocycles. The normalized spacial score (nSPS) is 16.3. The summed E-state index contributed by atoms with van der Waals surface area (Å²) >= 11 is 13.3. The van der Waals surface area contributed by atoms with Crippen molar-refractivity contribution in [1.29, 1.82) is 5.26 Å². The number of hydrazine groups is 2. The molecule has 10 nitrogen and oxygen atoms in total. The molecule has 2 aliphatic rings. The maximum atomic E-state index is 10.0. The number of nitrogens with zero attached hydrogens (tertiary/aromatic N) is 5. The number of aromatic nitrogens is 2. The summed E-state index contributed by atoms with van der Waals surface area (Å²) in [6.07, 6.45) is 7.61. The molecule has 12 heteroatoms. The van der Waals surface area contributed by atoms with Gasteiger partial charge in [-0.1, -0.05) is 29.3 Å². The lowest BCUT2D eigenvalue weighted by molar-refractivity contribution is 0.0570. The van der Waals surface area contributed by atoms with Gasteiger partial charge in [-0.05, 0) is 95.8 Å². The molecule has 0 spiro atoms. The fourth-order valence-corrected chi connectivity index (χ4v) is 6.71. The molecule has 1 saturated heterocycles. The summed E-state index contributed by atoms with van der Waals surface area (Å²) in [5.74, 6) is 0.562. The average molecular weight is 701 g/mol. The number of anilines is 3. The molecule has 256 valence electrons. The van der Waals surface area contributed by atoms with Crippen molar-refractivity contribution in [2.75, 3.05) is 23.7 Å². The molecular weight excluding hydrogens is 657 g/mol. The highest BCUT2D eigenvalue weighted by atomic mass is 35.5. The number of piperidine rings is 1. The van der Waals surface area contributed by atoms with E-state index in [0.717, 1.165) is 54.1 Å². The fourth-order valence-electron chi connectivity index (χ4n) is 6.26. The van der Waals surface area contributed by atoms with Crippen molar-refractivity contribution in [2.24, 2.45) is 0 Å². The summed E-state index contributed by atoms with van der Waals surface area (Å²) in [6.45, 7) is 14.8. The second-order valence-corrected chi connectivity index (χ2v) is 14.7. The van der Waals surface area contributed by atoms with Crippen LogP contribution >= 0.6 is 23.2 Å². The van der Waals surface area contributed by atoms with E-state index in [4.69, 9.17) is 27.9 Å². The number of nitriles is 1. The van der Waals surface area contributed by atoms with E-state index in [9.17, 15) is 5.26 Å². The number of nitrogens with one attached hydrogen (secondary N) is 4. The van der Waals surface area contributed by atoms with Gasteiger partial charge in [0, 0.05) is 71.1 Å². The zero-order valence-corrected chi connectivity index (χ0v) is 30.2. The Hall–Kier alpha value is -4.27. The van der Waals surface area contributed by atoms with Gasteiger partial charge in [-0.25, -0.2) is 4.98 Å². The van der Waals surface area contributed by atoms with Gasteiger partial charge >= 0.3 is 0 Å². The molecule has 49 heavy (non-hydrogen) atoms. The number of hydrogen-bond donors (Lipinski definition) is 4. The van der Waals surface area contributed by atoms with Crippen LogP contribution in [0.2, 0.25) is 10.0 Å². The molecule has 4 N–H and O–H groups in total. The molecule has 0 bridgehead atoms. The first-order chi connectivity index (χ1) is 23.4. The van der Waals surface area contributed by atoms with E-state index in [1.54, 1.807) is 0 Å². The molecule has 4 aromatic rings. The Bertz CT molecular complexity index is 1890. The van der Waals surface area contributed by atoms with Gasteiger partial charge in [0.25, 0.3) is 0 Å². The lowest BCUT2D eigenvalue weighted by atomic mass is 9.98. The lowest BCUT2D eigenvalue weighted by Gasteiger charge is -2.42. The molecule has 1 atom stereocenters. The number of hydrogen-bond acceptors (Lipinski definition) is 10. The standard InChI is InChI=1S/C37H43Cl2N9O/c1-22(2)49-33-10-8-24(19-41-33)35(32-21-48(46-45-32)28-11-13-47(14-12-28)37(4,5)6)44-27-15-29-34(43-26-9-7-23(3)30(38)16-26)25(18-40)20-42-36(29)31(39)17-27/h7-10,15-17,19-22,28,35,44-46H,11-14H2,1-6H3,(H,42,43)/t35-/m0/s1. The van der Waals surface area contributed by atoms with E-state index in [1.165, 1.54) is 6.20 Å². The first-order valence-electron chi connectivity index (χ1n) is 16.6. The van der Waals surface area contributed by atoms with Crippen LogP contribution < -0.4 is 26.3 Å². The first kappa shape index (κ1) is 34.6. The zero-order chi connectivity index (χ0) is 34.9. The highest BCUT2D eigenvalue weighted by molar-refractivity contribution is 6.36. The second-order valence-electron chi connectivity index (χ2n) is 13.9. The molecule has 6 rings (SSSR count). The zero-order valence-electron chi connectivity index (χ0n) is 28.7. The Kier molecular flexibility index (Phi) is 10.1. The monoisotopic (exact) mass is 699 g/mol. The topological polar surface area (TPSA) is 113 Å². The first-order valence-corrected chi connectivity index (χ1v) is 17.4. The average Bonchev–Trinajstić information content (AvgIpc) is 3.56. The number of pyridine rings is 2. The molecule has 2 aliphatic heterocycles. The lowest BCUT2D eigenvalue weighted by Crippen LogP contribution is -2.52. The van der Waals surface area contributed by atoms with Crippen molar-refractivity contribution in [1.82, 2.24) is 30.8 Å². The Labute approximate surface area is 298 Å². The van der Waals surface area contributed by atoms with Gasteiger partial charge < -0.3 is 20.8 Å². The Balaban J connectivity index is 1.35. The number of likely N-dealkylation sites (tertiary alicyclic amines) is 1. The van der Waals surface area contributed by atoms with Crippen molar-refractivity contribution < 1.29 is 4.74 Å². The van der Waals surface area contributed by atoms with Gasteiger partial charge in [0.05, 0.1) is 39.6 Å². The van der Waals surface area contributed by atoms with Crippen LogP contribution in [-0.2, 0) is 0 Å². The van der Waals surface area contributed by atoms with Gasteiger partial charge in [0.2, 0.25) is 5.88 Å². The smallest absolute Gasteiger partial charge is 0.213 e. The van der Waals surface area contributed by atoms with Crippen molar-refractivity contribution in [3.05, 3.63) is 93.5 Å². The Morgan fingerprint density at radius 2 is 1.76 bits per heavy atom. The minimum atomic E-state index is -0.333. The molecule has 2 aromatic carbocycles. The van der Waals surface area contributed by atoms with Crippen LogP contribution in [0.4, 0.5) is 17.1 Å². The van der Waals surface area contributed by atoms with E-state index >= 15 is 0 Å². The van der Waals surface area contributed by atoms with Crippen molar-refractivity contribution >= 4 is 51.2 Å². The third kappa shape index (κ3) is 7.81. The molecular formula is C37H43Cl2N9O. The number of aryl methyl sites for hydroxylation is 1. The summed E-state index contributed by atoms with van der Waals surface area (Å²) in [5.41, 5.74) is 12.8. The number of ether oxygens (including phenoxy) is 1. The van der Waals surface area contributed by atoms with Gasteiger partial charge in [-0.15, -0.1) is 5.53 Å². The van der Waals surface area contributed by atoms with Crippen LogP contribution in [-0.4, -0.2) is 50.7 Å². The van der Waals surface area contributed by atoms with E-state index < -0.39 is 0 Å². The Morgan fingerprint density at radius 3 is 2.41 bits per heavy atom. The Morgan fingerprint density at radius 1 is 1.00 bits per heavy atom. The van der Waals surface area contributed by atoms with E-state index in [0.29, 0.717) is 44.1 Å². The molecule has 0 radical (unpaired) electrons. The summed E-state index contributed by atoms with van der Waals surface area (Å²) < 4.78 is 5.83. The molecule has 0 unspecified atom stereocenters. The third-order valence-corrected chi connectivity index (χ3v) is 9.67. The number of fused-ring (bicyclic) bond motifs is 1. The summed E-state index contributed by atoms with van der Waals surface area (Å²) in [6, 6.07) is 15.7. The van der Waals surface area contributed by atoms with Gasteiger partial charge in [0.15, 0.2) is 0 Å². The minimum Gasteiger partial charge on any atom is -0.475 e. The highest BCUT2D eigenvalue weighted by Gasteiger charge is 2.32. The molecule has 2 aromatic heterocycles. The summed E-state index contributed by atoms with van der Waals surface area (Å²) in [5, 5.41) is 21.1. The molecule has 0 amide bonds. The third-order valence-electron chi connectivity index (χ3n) is 8.97. The van der Waals surface area contributed by atoms with Gasteiger partial charge in [-0.3, -0.25) is 14.9 Å². The van der Waals surface area contributed by atoms with E-state index in [2.05, 4.69) is 74.5 Å². The van der Waals surface area contributed by atoms with Crippen molar-refractivity contribution in [2.45, 2.75) is 78.1 Å². The van der Waals surface area contributed by atoms with Crippen LogP contribution in [0.15, 0.2) is 66.8 Å². The van der Waals surface area contributed by atoms with Crippen LogP contribution in [0.1, 0.15) is 70.2 Å². The number of halogens is 2. The fraction of sp³-hybridized carbons (Fsp3) is 0.378. The van der Waals surface area contributed by atoms with Gasteiger partial charge in [0.1, 0.15) is 6.07 Å². The predicted molar refractivity (Wildman–Crippen MR) is 198 cm³/mol. The predicted octanol–water partition coefficient (Wildman–Crippen LogP) is 8.23. The van der Waals surface area contributed by atoms with Crippen LogP contribution in [0.25, 0.3) is 10.9 Å². The number of benzene rings is 2. The van der Waals surface area contributed by atoms with Crippen LogP contribution in [0.3, 0.4) is 0 Å². The highest BCUT2D eigenvalue weighted by Crippen LogP contribution is 2.38. The number of rotatable bonds is 9. The van der Waals surface area contributed by atoms with Crippen molar-refractivity contribution in [3.8, 4) is 11.9 Å². The van der Waals surface area contributed by atoms with E-state index in [1.807, 2.05) is 69.4 Å². The molecule has 4 heterocycles. The molecule has 0 saturated carbocycles. The minimum absolute atomic E-state index is 0.0133. The largest absolute Gasteiger partial charge is 0.475 e. The quantitative estimate of drug-likeness (QED) is 0.136. The molecule has 1 fully saturated rings. The second kappa shape index (κ2) is 14.3.